The van der Waals surface area contributed by atoms with Crippen LogP contribution < -0.4 is 5.14 Å². The highest BCUT2D eigenvalue weighted by molar-refractivity contribution is 7.89. The van der Waals surface area contributed by atoms with Crippen molar-refractivity contribution >= 4 is 26.7 Å². The fourth-order valence-corrected chi connectivity index (χ4v) is 3.53. The number of nitro groups is 1. The zero-order chi connectivity index (χ0) is 19.8. The van der Waals surface area contributed by atoms with Crippen molar-refractivity contribution in [3.05, 3.63) is 52.1 Å². The maximum absolute atomic E-state index is 11.6. The molecule has 142 valence electrons. The molecular formula is C18H20N4O4S. The van der Waals surface area contributed by atoms with Gasteiger partial charge in [-0.15, -0.1) is 0 Å². The largest absolute Gasteiger partial charge is 0.324 e. The van der Waals surface area contributed by atoms with Gasteiger partial charge in [-0.05, 0) is 31.5 Å². The number of sulfonamides is 1. The molecule has 1 heterocycles. The van der Waals surface area contributed by atoms with Gasteiger partial charge in [0.15, 0.2) is 0 Å². The average molecular weight is 388 g/mol. The molecule has 2 N–H and O–H groups in total. The maximum atomic E-state index is 11.6. The van der Waals surface area contributed by atoms with E-state index in [1.165, 1.54) is 18.2 Å². The van der Waals surface area contributed by atoms with Crippen LogP contribution >= 0.6 is 0 Å². The lowest BCUT2D eigenvalue weighted by atomic mass is 10.1. The summed E-state index contributed by atoms with van der Waals surface area (Å²) in [6.07, 6.45) is 1.85. The number of aromatic nitrogens is 2. The zero-order valence-electron chi connectivity index (χ0n) is 15.0. The Labute approximate surface area is 156 Å². The third kappa shape index (κ3) is 3.69. The Kier molecular flexibility index (Phi) is 4.99. The van der Waals surface area contributed by atoms with Gasteiger partial charge in [-0.2, -0.15) is 0 Å². The molecule has 0 aliphatic carbocycles. The van der Waals surface area contributed by atoms with Gasteiger partial charge in [0, 0.05) is 23.7 Å². The van der Waals surface area contributed by atoms with Gasteiger partial charge in [-0.1, -0.05) is 25.5 Å². The first-order valence-corrected chi connectivity index (χ1v) is 10.1. The van der Waals surface area contributed by atoms with Crippen LogP contribution in [0.25, 0.3) is 22.4 Å². The standard InChI is InChI=1S/C18H20N4O4S/c1-3-4-9-21-16-8-7-14(27(19,25)26)11-15(16)20-18(21)13-6-5-12(2)17(10-13)22(23)24/h5-8,10-11H,3-4,9H2,1-2H3,(H2,19,25,26). The molecule has 0 aliphatic rings. The van der Waals surface area contributed by atoms with Gasteiger partial charge in [-0.25, -0.2) is 18.5 Å². The minimum Gasteiger partial charge on any atom is -0.324 e. The third-order valence-corrected chi connectivity index (χ3v) is 5.36. The molecule has 2 aromatic carbocycles. The average Bonchev–Trinajstić information content (AvgIpc) is 2.97. The van der Waals surface area contributed by atoms with Gasteiger partial charge < -0.3 is 4.57 Å². The molecule has 0 spiro atoms. The van der Waals surface area contributed by atoms with E-state index < -0.39 is 14.9 Å². The number of primary sulfonamides is 1. The van der Waals surface area contributed by atoms with Crippen molar-refractivity contribution in [3.8, 4) is 11.4 Å². The molecule has 0 radical (unpaired) electrons. The third-order valence-electron chi connectivity index (χ3n) is 4.45. The summed E-state index contributed by atoms with van der Waals surface area (Å²) in [5.74, 6) is 0.563. The van der Waals surface area contributed by atoms with E-state index >= 15 is 0 Å². The second-order valence-electron chi connectivity index (χ2n) is 6.39. The number of rotatable bonds is 6. The lowest BCUT2D eigenvalue weighted by molar-refractivity contribution is -0.385. The predicted molar refractivity (Wildman–Crippen MR) is 103 cm³/mol. The molecule has 0 aliphatic heterocycles. The zero-order valence-corrected chi connectivity index (χ0v) is 15.9. The number of fused-ring (bicyclic) bond motifs is 1. The van der Waals surface area contributed by atoms with Crippen molar-refractivity contribution in [1.29, 1.82) is 0 Å². The lowest BCUT2D eigenvalue weighted by Crippen LogP contribution is -2.11. The highest BCUT2D eigenvalue weighted by Crippen LogP contribution is 2.30. The van der Waals surface area contributed by atoms with Gasteiger partial charge >= 0.3 is 0 Å². The Morgan fingerprint density at radius 2 is 1.96 bits per heavy atom. The van der Waals surface area contributed by atoms with E-state index in [-0.39, 0.29) is 10.6 Å². The Morgan fingerprint density at radius 3 is 2.59 bits per heavy atom. The number of aryl methyl sites for hydroxylation is 2. The summed E-state index contributed by atoms with van der Waals surface area (Å²) >= 11 is 0. The fourth-order valence-electron chi connectivity index (χ4n) is 2.99. The Balaban J connectivity index is 2.24. The number of nitrogens with two attached hydrogens (primary N) is 1. The van der Waals surface area contributed by atoms with E-state index in [2.05, 4.69) is 11.9 Å². The van der Waals surface area contributed by atoms with Gasteiger partial charge in [-0.3, -0.25) is 10.1 Å². The van der Waals surface area contributed by atoms with Crippen molar-refractivity contribution in [1.82, 2.24) is 9.55 Å². The van der Waals surface area contributed by atoms with Crippen LogP contribution in [-0.2, 0) is 16.6 Å². The molecule has 0 saturated heterocycles. The molecule has 0 unspecified atom stereocenters. The minimum atomic E-state index is -3.84. The highest BCUT2D eigenvalue weighted by Gasteiger charge is 2.18. The highest BCUT2D eigenvalue weighted by atomic mass is 32.2. The van der Waals surface area contributed by atoms with Crippen LogP contribution in [0.1, 0.15) is 25.3 Å². The Bertz CT molecular complexity index is 1140. The number of nitrogens with zero attached hydrogens (tertiary/aromatic N) is 3. The number of unbranched alkanes of at least 4 members (excludes halogenated alkanes) is 1. The van der Waals surface area contributed by atoms with E-state index in [9.17, 15) is 18.5 Å². The van der Waals surface area contributed by atoms with Crippen molar-refractivity contribution in [2.45, 2.75) is 38.1 Å². The molecular weight excluding hydrogens is 368 g/mol. The molecule has 0 amide bonds. The first-order valence-electron chi connectivity index (χ1n) is 8.51. The first kappa shape index (κ1) is 19.0. The van der Waals surface area contributed by atoms with Crippen molar-refractivity contribution in [2.75, 3.05) is 0 Å². The second-order valence-corrected chi connectivity index (χ2v) is 7.96. The second kappa shape index (κ2) is 7.09. The number of benzene rings is 2. The van der Waals surface area contributed by atoms with Crippen molar-refractivity contribution in [2.24, 2.45) is 5.14 Å². The first-order chi connectivity index (χ1) is 12.7. The number of nitro benzene ring substituents is 1. The van der Waals surface area contributed by atoms with Crippen LogP contribution in [0.3, 0.4) is 0 Å². The molecule has 0 bridgehead atoms. The number of hydrogen-bond donors (Lipinski definition) is 1. The van der Waals surface area contributed by atoms with Gasteiger partial charge in [0.25, 0.3) is 5.69 Å². The van der Waals surface area contributed by atoms with Crippen LogP contribution in [0.5, 0.6) is 0 Å². The Morgan fingerprint density at radius 1 is 1.22 bits per heavy atom. The molecule has 3 rings (SSSR count). The maximum Gasteiger partial charge on any atom is 0.273 e. The molecule has 8 nitrogen and oxygen atoms in total. The van der Waals surface area contributed by atoms with Gasteiger partial charge in [0.05, 0.1) is 20.9 Å². The topological polar surface area (TPSA) is 121 Å². The van der Waals surface area contributed by atoms with E-state index in [4.69, 9.17) is 5.14 Å². The van der Waals surface area contributed by atoms with Crippen molar-refractivity contribution < 1.29 is 13.3 Å². The van der Waals surface area contributed by atoms with Gasteiger partial charge in [0.2, 0.25) is 10.0 Å². The molecule has 1 aromatic heterocycles. The molecule has 0 fully saturated rings. The van der Waals surface area contributed by atoms with E-state index in [1.54, 1.807) is 25.1 Å². The van der Waals surface area contributed by atoms with E-state index in [1.807, 2.05) is 4.57 Å². The van der Waals surface area contributed by atoms with Crippen LogP contribution in [0.2, 0.25) is 0 Å². The number of hydrogen-bond acceptors (Lipinski definition) is 5. The molecule has 3 aromatic rings. The summed E-state index contributed by atoms with van der Waals surface area (Å²) in [4.78, 5) is 15.4. The normalized spacial score (nSPS) is 11.8. The summed E-state index contributed by atoms with van der Waals surface area (Å²) in [7, 11) is -3.84. The fraction of sp³-hybridized carbons (Fsp3) is 0.278. The lowest BCUT2D eigenvalue weighted by Gasteiger charge is -2.09. The van der Waals surface area contributed by atoms with Gasteiger partial charge in [0.1, 0.15) is 5.82 Å². The van der Waals surface area contributed by atoms with E-state index in [0.29, 0.717) is 29.0 Å². The summed E-state index contributed by atoms with van der Waals surface area (Å²) in [6, 6.07) is 9.52. The monoisotopic (exact) mass is 388 g/mol. The molecule has 27 heavy (non-hydrogen) atoms. The van der Waals surface area contributed by atoms with Crippen LogP contribution in [0, 0.1) is 17.0 Å². The quantitative estimate of drug-likeness (QED) is 0.512. The Hall–Kier alpha value is -2.78. The van der Waals surface area contributed by atoms with Crippen LogP contribution in [-0.4, -0.2) is 22.9 Å². The predicted octanol–water partition coefficient (Wildman–Crippen LogP) is 3.37. The SMILES string of the molecule is CCCCn1c(-c2ccc(C)c([N+](=O)[O-])c2)nc2cc(S(N)(=O)=O)ccc21. The van der Waals surface area contributed by atoms with Crippen LogP contribution in [0.4, 0.5) is 5.69 Å². The minimum absolute atomic E-state index is 0.0171. The molecule has 0 atom stereocenters. The summed E-state index contributed by atoms with van der Waals surface area (Å²) in [5.41, 5.74) is 2.44. The molecule has 9 heteroatoms. The summed E-state index contributed by atoms with van der Waals surface area (Å²) in [6.45, 7) is 4.41. The molecule has 0 saturated carbocycles. The smallest absolute Gasteiger partial charge is 0.273 e. The summed E-state index contributed by atoms with van der Waals surface area (Å²) in [5, 5.41) is 16.5. The number of imidazole rings is 1. The van der Waals surface area contributed by atoms with Crippen molar-refractivity contribution in [3.63, 3.8) is 0 Å². The van der Waals surface area contributed by atoms with Crippen LogP contribution in [0.15, 0.2) is 41.3 Å². The summed E-state index contributed by atoms with van der Waals surface area (Å²) < 4.78 is 25.2. The van der Waals surface area contributed by atoms with E-state index in [0.717, 1.165) is 18.4 Å².